The number of rotatable bonds is 5. The lowest BCUT2D eigenvalue weighted by molar-refractivity contribution is -0.120. The molecule has 2 N–H and O–H groups in total. The van der Waals surface area contributed by atoms with Crippen molar-refractivity contribution in [2.24, 2.45) is 0 Å². The van der Waals surface area contributed by atoms with E-state index in [1.807, 2.05) is 38.1 Å². The van der Waals surface area contributed by atoms with Crippen LogP contribution in [-0.2, 0) is 11.3 Å². The van der Waals surface area contributed by atoms with Crippen LogP contribution in [0.5, 0.6) is 0 Å². The number of urea groups is 1. The third-order valence-electron chi connectivity index (χ3n) is 4.12. The summed E-state index contributed by atoms with van der Waals surface area (Å²) in [7, 11) is 0. The van der Waals surface area contributed by atoms with Crippen molar-refractivity contribution in [1.82, 2.24) is 25.7 Å². The molecule has 0 radical (unpaired) electrons. The van der Waals surface area contributed by atoms with E-state index in [9.17, 15) is 9.59 Å². The predicted octanol–water partition coefficient (Wildman–Crippen LogP) is 1.47. The topological polar surface area (TPSA) is 100 Å². The lowest BCUT2D eigenvalue weighted by Crippen LogP contribution is -2.47. The predicted molar refractivity (Wildman–Crippen MR) is 90.5 cm³/mol. The minimum atomic E-state index is -0.479. The Morgan fingerprint density at radius 3 is 2.80 bits per heavy atom. The quantitative estimate of drug-likeness (QED) is 0.856. The fourth-order valence-electron chi connectivity index (χ4n) is 2.60. The number of carbonyl (C=O) groups excluding carboxylic acids is 2. The van der Waals surface area contributed by atoms with E-state index in [0.29, 0.717) is 31.2 Å². The maximum Gasteiger partial charge on any atom is 0.318 e. The Kier molecular flexibility index (Phi) is 4.97. The number of hydrogen-bond acceptors (Lipinski definition) is 5. The molecule has 0 bridgehead atoms. The molecule has 0 saturated carbocycles. The smallest absolute Gasteiger partial charge is 0.318 e. The van der Waals surface area contributed by atoms with Gasteiger partial charge in [0, 0.05) is 18.7 Å². The van der Waals surface area contributed by atoms with Crippen molar-refractivity contribution in [2.75, 3.05) is 13.1 Å². The molecule has 1 saturated heterocycles. The fourth-order valence-corrected chi connectivity index (χ4v) is 2.60. The van der Waals surface area contributed by atoms with Crippen LogP contribution in [0.1, 0.15) is 24.8 Å². The number of nitrogens with zero attached hydrogens (tertiary/aromatic N) is 3. The van der Waals surface area contributed by atoms with Crippen LogP contribution in [0.15, 0.2) is 28.8 Å². The third-order valence-corrected chi connectivity index (χ3v) is 4.12. The Morgan fingerprint density at radius 2 is 2.16 bits per heavy atom. The van der Waals surface area contributed by atoms with Gasteiger partial charge in [-0.25, -0.2) is 4.79 Å². The van der Waals surface area contributed by atoms with E-state index >= 15 is 0 Å². The summed E-state index contributed by atoms with van der Waals surface area (Å²) in [6, 6.07) is 7.00. The lowest BCUT2D eigenvalue weighted by atomic mass is 10.1. The van der Waals surface area contributed by atoms with Crippen molar-refractivity contribution in [3.63, 3.8) is 0 Å². The molecule has 25 heavy (non-hydrogen) atoms. The van der Waals surface area contributed by atoms with Crippen molar-refractivity contribution in [1.29, 1.82) is 0 Å². The van der Waals surface area contributed by atoms with Gasteiger partial charge in [-0.05, 0) is 20.3 Å². The zero-order valence-corrected chi connectivity index (χ0v) is 14.3. The average Bonchev–Trinajstić information content (AvgIpc) is 3.23. The molecular formula is C17H21N5O3. The summed E-state index contributed by atoms with van der Waals surface area (Å²) in [5.74, 6) is 0.689. The van der Waals surface area contributed by atoms with E-state index < -0.39 is 6.04 Å². The first-order chi connectivity index (χ1) is 12.1. The summed E-state index contributed by atoms with van der Waals surface area (Å²) in [5.41, 5.74) is 2.01. The van der Waals surface area contributed by atoms with Crippen LogP contribution in [0.4, 0.5) is 4.79 Å². The van der Waals surface area contributed by atoms with E-state index in [2.05, 4.69) is 20.8 Å². The first-order valence-corrected chi connectivity index (χ1v) is 8.29. The molecule has 8 heteroatoms. The van der Waals surface area contributed by atoms with Crippen molar-refractivity contribution in [2.45, 2.75) is 32.9 Å². The molecule has 0 spiro atoms. The summed E-state index contributed by atoms with van der Waals surface area (Å²) in [6.45, 7) is 5.09. The zero-order valence-electron chi connectivity index (χ0n) is 14.3. The van der Waals surface area contributed by atoms with Crippen LogP contribution >= 0.6 is 0 Å². The van der Waals surface area contributed by atoms with Crippen LogP contribution < -0.4 is 10.6 Å². The average molecular weight is 343 g/mol. The number of nitrogens with one attached hydrogen (secondary N) is 2. The van der Waals surface area contributed by atoms with Gasteiger partial charge in [0.25, 0.3) is 0 Å². The number of benzene rings is 1. The van der Waals surface area contributed by atoms with Crippen molar-refractivity contribution in [3.8, 4) is 11.4 Å². The van der Waals surface area contributed by atoms with Gasteiger partial charge in [0.2, 0.25) is 17.6 Å². The van der Waals surface area contributed by atoms with Gasteiger partial charge in [-0.3, -0.25) is 4.79 Å². The Bertz CT molecular complexity index is 756. The minimum absolute atomic E-state index is 0.149. The van der Waals surface area contributed by atoms with Gasteiger partial charge in [-0.2, -0.15) is 4.98 Å². The number of amides is 3. The summed E-state index contributed by atoms with van der Waals surface area (Å²) in [4.78, 5) is 29.8. The maximum atomic E-state index is 12.3. The molecule has 3 rings (SSSR count). The summed E-state index contributed by atoms with van der Waals surface area (Å²) < 4.78 is 5.26. The second kappa shape index (κ2) is 7.33. The molecule has 1 aromatic heterocycles. The first kappa shape index (κ1) is 16.9. The molecule has 1 fully saturated rings. The van der Waals surface area contributed by atoms with Crippen LogP contribution in [0.25, 0.3) is 11.4 Å². The molecule has 3 amide bonds. The van der Waals surface area contributed by atoms with Gasteiger partial charge in [0.15, 0.2) is 0 Å². The fraction of sp³-hybridized carbons (Fsp3) is 0.412. The number of aryl methyl sites for hydroxylation is 1. The van der Waals surface area contributed by atoms with E-state index in [1.54, 1.807) is 0 Å². The van der Waals surface area contributed by atoms with Crippen molar-refractivity contribution in [3.05, 3.63) is 35.7 Å². The molecule has 1 aliphatic rings. The Labute approximate surface area is 145 Å². The monoisotopic (exact) mass is 343 g/mol. The minimum Gasteiger partial charge on any atom is -0.354 e. The van der Waals surface area contributed by atoms with Crippen LogP contribution in [0.2, 0.25) is 0 Å². The highest BCUT2D eigenvalue weighted by molar-refractivity contribution is 5.88. The highest BCUT2D eigenvalue weighted by Gasteiger charge is 2.27. The van der Waals surface area contributed by atoms with E-state index in [-0.39, 0.29) is 18.5 Å². The lowest BCUT2D eigenvalue weighted by Gasteiger charge is -2.21. The second-order valence-electron chi connectivity index (χ2n) is 5.97. The SMILES string of the molecule is CCN(Cc1nc(-c2ccc(C)cc2)no1)C(=O)N[C@@H]1CCNC1=O. The maximum absolute atomic E-state index is 12.3. The van der Waals surface area contributed by atoms with Crippen LogP contribution in [0.3, 0.4) is 0 Å². The van der Waals surface area contributed by atoms with E-state index in [0.717, 1.165) is 11.1 Å². The first-order valence-electron chi connectivity index (χ1n) is 8.29. The van der Waals surface area contributed by atoms with Gasteiger partial charge in [-0.15, -0.1) is 0 Å². The molecule has 1 aromatic carbocycles. The summed E-state index contributed by atoms with van der Waals surface area (Å²) in [5, 5.41) is 9.39. The van der Waals surface area contributed by atoms with Crippen LogP contribution in [0, 0.1) is 6.92 Å². The molecule has 1 atom stereocenters. The summed E-state index contributed by atoms with van der Waals surface area (Å²) in [6.07, 6.45) is 0.597. The van der Waals surface area contributed by atoms with E-state index in [1.165, 1.54) is 4.90 Å². The second-order valence-corrected chi connectivity index (χ2v) is 5.97. The molecule has 1 aliphatic heterocycles. The zero-order chi connectivity index (χ0) is 17.8. The highest BCUT2D eigenvalue weighted by Crippen LogP contribution is 2.17. The molecule has 8 nitrogen and oxygen atoms in total. The summed E-state index contributed by atoms with van der Waals surface area (Å²) >= 11 is 0. The van der Waals surface area contributed by atoms with Gasteiger partial charge in [0.05, 0.1) is 0 Å². The Morgan fingerprint density at radius 1 is 1.40 bits per heavy atom. The van der Waals surface area contributed by atoms with Crippen molar-refractivity contribution < 1.29 is 14.1 Å². The number of hydrogen-bond donors (Lipinski definition) is 2. The molecule has 2 heterocycles. The molecule has 0 unspecified atom stereocenters. The Balaban J connectivity index is 1.64. The van der Waals surface area contributed by atoms with Gasteiger partial charge >= 0.3 is 6.03 Å². The molecular weight excluding hydrogens is 322 g/mol. The van der Waals surface area contributed by atoms with Gasteiger partial charge in [-0.1, -0.05) is 35.0 Å². The van der Waals surface area contributed by atoms with Gasteiger partial charge < -0.3 is 20.1 Å². The normalized spacial score (nSPS) is 16.6. The largest absolute Gasteiger partial charge is 0.354 e. The third kappa shape index (κ3) is 3.96. The Hall–Kier alpha value is -2.90. The van der Waals surface area contributed by atoms with E-state index in [4.69, 9.17) is 4.52 Å². The number of aromatic nitrogens is 2. The number of carbonyl (C=O) groups is 2. The highest BCUT2D eigenvalue weighted by atomic mass is 16.5. The molecule has 132 valence electrons. The standard InChI is InChI=1S/C17H21N5O3/c1-3-22(17(24)19-13-8-9-18-16(13)23)10-14-20-15(21-25-14)12-6-4-11(2)5-7-12/h4-7,13H,3,8-10H2,1-2H3,(H,18,23)(H,19,24)/t13-/m1/s1. The molecule has 2 aromatic rings. The van der Waals surface area contributed by atoms with Gasteiger partial charge in [0.1, 0.15) is 12.6 Å². The van der Waals surface area contributed by atoms with Crippen LogP contribution in [-0.4, -0.2) is 46.1 Å². The molecule has 0 aliphatic carbocycles. The van der Waals surface area contributed by atoms with Crippen molar-refractivity contribution >= 4 is 11.9 Å².